The Kier molecular flexibility index (Phi) is 7.76. The van der Waals surface area contributed by atoms with Crippen molar-refractivity contribution in [3.63, 3.8) is 0 Å². The molecule has 18 heavy (non-hydrogen) atoms. The molecule has 0 saturated carbocycles. The summed E-state index contributed by atoms with van der Waals surface area (Å²) in [5, 5.41) is 4.34. The summed E-state index contributed by atoms with van der Waals surface area (Å²) in [4.78, 5) is 8.96. The van der Waals surface area contributed by atoms with Crippen LogP contribution in [0.25, 0.3) is 0 Å². The monoisotopic (exact) mass is 269 g/mol. The first kappa shape index (κ1) is 15.2. The summed E-state index contributed by atoms with van der Waals surface area (Å²) >= 11 is 1.77. The molecule has 0 aromatic carbocycles. The molecule has 0 fully saturated rings. The van der Waals surface area contributed by atoms with E-state index in [1.807, 2.05) is 13.0 Å². The molecular weight excluding hydrogens is 246 g/mol. The lowest BCUT2D eigenvalue weighted by Crippen LogP contribution is -2.07. The second-order valence-electron chi connectivity index (χ2n) is 3.92. The molecule has 0 spiro atoms. The molecule has 102 valence electrons. The van der Waals surface area contributed by atoms with Gasteiger partial charge in [0.25, 0.3) is 0 Å². The molecule has 1 N–H and O–H groups in total. The average Bonchev–Trinajstić information content (AvgIpc) is 2.40. The second kappa shape index (κ2) is 9.16. The zero-order valence-electron chi connectivity index (χ0n) is 11.5. The van der Waals surface area contributed by atoms with Crippen molar-refractivity contribution in [2.45, 2.75) is 45.2 Å². The van der Waals surface area contributed by atoms with Gasteiger partial charge in [-0.3, -0.25) is 0 Å². The third-order valence-corrected chi connectivity index (χ3v) is 3.31. The summed E-state index contributed by atoms with van der Waals surface area (Å²) in [5.41, 5.74) is 0. The van der Waals surface area contributed by atoms with E-state index in [9.17, 15) is 0 Å². The van der Waals surface area contributed by atoms with Gasteiger partial charge in [0.05, 0.1) is 0 Å². The van der Waals surface area contributed by atoms with Gasteiger partial charge in [0.2, 0.25) is 0 Å². The maximum Gasteiger partial charge on any atom is 0.157 e. The number of nitrogens with one attached hydrogen (secondary N) is 1. The molecule has 0 atom stereocenters. The fraction of sp³-hybridized carbons (Fsp3) is 0.692. The first-order valence-electron chi connectivity index (χ1n) is 6.62. The van der Waals surface area contributed by atoms with E-state index in [2.05, 4.69) is 29.1 Å². The Morgan fingerprint density at radius 1 is 1.22 bits per heavy atom. The fourth-order valence-corrected chi connectivity index (χ4v) is 2.13. The van der Waals surface area contributed by atoms with Crippen molar-refractivity contribution >= 4 is 17.6 Å². The van der Waals surface area contributed by atoms with Crippen LogP contribution in [0.4, 0.5) is 5.82 Å². The van der Waals surface area contributed by atoms with E-state index >= 15 is 0 Å². The molecular formula is C13H23N3OS. The maximum absolute atomic E-state index is 5.38. The molecule has 5 heteroatoms. The van der Waals surface area contributed by atoms with E-state index < -0.39 is 0 Å². The second-order valence-corrected chi connectivity index (χ2v) is 5.04. The van der Waals surface area contributed by atoms with Crippen molar-refractivity contribution in [1.29, 1.82) is 0 Å². The Balaban J connectivity index is 2.74. The highest BCUT2D eigenvalue weighted by Crippen LogP contribution is 2.19. The van der Waals surface area contributed by atoms with Gasteiger partial charge in [-0.2, -0.15) is 0 Å². The van der Waals surface area contributed by atoms with Crippen molar-refractivity contribution in [2.75, 3.05) is 24.2 Å². The lowest BCUT2D eigenvalue weighted by molar-refractivity contribution is 0.128. The third-order valence-electron chi connectivity index (χ3n) is 2.19. The van der Waals surface area contributed by atoms with E-state index in [-0.39, 0.29) is 0 Å². The Bertz CT molecular complexity index is 282. The largest absolute Gasteiger partial charge is 0.374 e. The van der Waals surface area contributed by atoms with E-state index in [1.54, 1.807) is 11.8 Å². The van der Waals surface area contributed by atoms with Crippen LogP contribution in [0.1, 0.15) is 39.4 Å². The minimum Gasteiger partial charge on any atom is -0.374 e. The number of aromatic nitrogens is 2. The first-order valence-corrected chi connectivity index (χ1v) is 7.61. The Morgan fingerprint density at radius 3 is 2.72 bits per heavy atom. The molecule has 0 radical (unpaired) electrons. The SMILES string of the molecule is CCCNc1cc(SCCC)nc(COCC)n1. The summed E-state index contributed by atoms with van der Waals surface area (Å²) in [6.07, 6.45) is 2.23. The van der Waals surface area contributed by atoms with Crippen LogP contribution in [0.5, 0.6) is 0 Å². The van der Waals surface area contributed by atoms with Gasteiger partial charge in [-0.1, -0.05) is 13.8 Å². The van der Waals surface area contributed by atoms with Crippen molar-refractivity contribution in [3.05, 3.63) is 11.9 Å². The number of thioether (sulfide) groups is 1. The summed E-state index contributed by atoms with van der Waals surface area (Å²) in [7, 11) is 0. The molecule has 0 unspecified atom stereocenters. The quantitative estimate of drug-likeness (QED) is 0.550. The van der Waals surface area contributed by atoms with Gasteiger partial charge < -0.3 is 10.1 Å². The van der Waals surface area contributed by atoms with Crippen molar-refractivity contribution < 1.29 is 4.74 Å². The van der Waals surface area contributed by atoms with Gasteiger partial charge in [0.15, 0.2) is 5.82 Å². The van der Waals surface area contributed by atoms with Crippen molar-refractivity contribution in [1.82, 2.24) is 9.97 Å². The molecule has 0 aliphatic rings. The minimum atomic E-state index is 0.484. The predicted octanol–water partition coefficient (Wildman–Crippen LogP) is 3.34. The first-order chi connectivity index (χ1) is 8.80. The van der Waals surface area contributed by atoms with Crippen LogP contribution < -0.4 is 5.32 Å². The highest BCUT2D eigenvalue weighted by molar-refractivity contribution is 7.99. The molecule has 0 bridgehead atoms. The number of hydrogen-bond acceptors (Lipinski definition) is 5. The van der Waals surface area contributed by atoms with Gasteiger partial charge >= 0.3 is 0 Å². The average molecular weight is 269 g/mol. The third kappa shape index (κ3) is 5.69. The molecule has 0 saturated heterocycles. The normalized spacial score (nSPS) is 10.6. The van der Waals surface area contributed by atoms with Gasteiger partial charge in [-0.25, -0.2) is 9.97 Å². The molecule has 0 amide bonds. The molecule has 4 nitrogen and oxygen atoms in total. The number of ether oxygens (including phenoxy) is 1. The standard InChI is InChI=1S/C13H23N3OS/c1-4-7-14-11-9-13(18-8-5-2)16-12(15-11)10-17-6-3/h9H,4-8,10H2,1-3H3,(H,14,15,16). The highest BCUT2D eigenvalue weighted by atomic mass is 32.2. The van der Waals surface area contributed by atoms with Crippen LogP contribution in [0.15, 0.2) is 11.1 Å². The van der Waals surface area contributed by atoms with Crippen LogP contribution in [-0.4, -0.2) is 28.9 Å². The Labute approximate surface area is 114 Å². The van der Waals surface area contributed by atoms with Crippen LogP contribution in [0, 0.1) is 0 Å². The lowest BCUT2D eigenvalue weighted by atomic mass is 10.4. The van der Waals surface area contributed by atoms with Gasteiger partial charge in [0.1, 0.15) is 17.5 Å². The van der Waals surface area contributed by atoms with Crippen LogP contribution in [0.2, 0.25) is 0 Å². The molecule has 1 aromatic heterocycles. The Hall–Kier alpha value is -0.810. The number of rotatable bonds is 9. The van der Waals surface area contributed by atoms with Gasteiger partial charge in [0, 0.05) is 19.2 Å². The molecule has 0 aliphatic carbocycles. The maximum atomic E-state index is 5.38. The van der Waals surface area contributed by atoms with Gasteiger partial charge in [-0.15, -0.1) is 11.8 Å². The Morgan fingerprint density at radius 2 is 2.06 bits per heavy atom. The number of nitrogens with zero attached hydrogens (tertiary/aromatic N) is 2. The van der Waals surface area contributed by atoms with E-state index in [1.165, 1.54) is 0 Å². The summed E-state index contributed by atoms with van der Waals surface area (Å²) in [6, 6.07) is 2.02. The topological polar surface area (TPSA) is 47.0 Å². The van der Waals surface area contributed by atoms with Crippen LogP contribution in [-0.2, 0) is 11.3 Å². The van der Waals surface area contributed by atoms with E-state index in [0.717, 1.165) is 41.8 Å². The summed E-state index contributed by atoms with van der Waals surface area (Å²) < 4.78 is 5.38. The molecule has 1 rings (SSSR count). The van der Waals surface area contributed by atoms with Crippen LogP contribution >= 0.6 is 11.8 Å². The lowest BCUT2D eigenvalue weighted by Gasteiger charge is -2.09. The molecule has 1 aromatic rings. The minimum absolute atomic E-state index is 0.484. The van der Waals surface area contributed by atoms with E-state index in [0.29, 0.717) is 13.2 Å². The summed E-state index contributed by atoms with van der Waals surface area (Å²) in [5.74, 6) is 2.75. The number of hydrogen-bond donors (Lipinski definition) is 1. The molecule has 0 aliphatic heterocycles. The van der Waals surface area contributed by atoms with Crippen molar-refractivity contribution in [3.8, 4) is 0 Å². The van der Waals surface area contributed by atoms with Crippen LogP contribution in [0.3, 0.4) is 0 Å². The smallest absolute Gasteiger partial charge is 0.157 e. The summed E-state index contributed by atoms with van der Waals surface area (Å²) in [6.45, 7) is 8.40. The van der Waals surface area contributed by atoms with Gasteiger partial charge in [-0.05, 0) is 25.5 Å². The molecule has 1 heterocycles. The predicted molar refractivity (Wildman–Crippen MR) is 77.2 cm³/mol. The number of anilines is 1. The highest BCUT2D eigenvalue weighted by Gasteiger charge is 2.05. The fourth-order valence-electron chi connectivity index (χ4n) is 1.35. The van der Waals surface area contributed by atoms with Crippen molar-refractivity contribution in [2.24, 2.45) is 0 Å². The zero-order chi connectivity index (χ0) is 13.2. The van der Waals surface area contributed by atoms with E-state index in [4.69, 9.17) is 4.74 Å². The zero-order valence-corrected chi connectivity index (χ0v) is 12.3.